The molecule has 2 rings (SSSR count). The van der Waals surface area contributed by atoms with E-state index in [1.165, 1.54) is 0 Å². The van der Waals surface area contributed by atoms with Crippen molar-refractivity contribution in [3.63, 3.8) is 0 Å². The number of carbonyl (C=O) groups excluding carboxylic acids is 1. The molecule has 1 atom stereocenters. The van der Waals surface area contributed by atoms with Crippen molar-refractivity contribution in [1.82, 2.24) is 5.32 Å². The molecule has 4 nitrogen and oxygen atoms in total. The SMILES string of the molecule is CC(NCc1ccc(-c2cccc(OCF)c2)cc1)C(N)=O. The number of hydrogen-bond donors (Lipinski definition) is 2. The molecule has 3 N–H and O–H groups in total. The molecular weight excluding hydrogens is 283 g/mol. The van der Waals surface area contributed by atoms with Gasteiger partial charge in [0.05, 0.1) is 6.04 Å². The van der Waals surface area contributed by atoms with Crippen LogP contribution >= 0.6 is 0 Å². The van der Waals surface area contributed by atoms with Crippen molar-refractivity contribution in [2.24, 2.45) is 5.73 Å². The summed E-state index contributed by atoms with van der Waals surface area (Å²) in [5, 5.41) is 3.05. The normalized spacial score (nSPS) is 11.9. The first kappa shape index (κ1) is 16.0. The van der Waals surface area contributed by atoms with Crippen LogP contribution in [-0.4, -0.2) is 18.8 Å². The lowest BCUT2D eigenvalue weighted by atomic mass is 10.0. The molecule has 1 amide bonds. The number of primary amides is 1. The van der Waals surface area contributed by atoms with Crippen LogP contribution < -0.4 is 15.8 Å². The number of alkyl halides is 1. The Morgan fingerprint density at radius 2 is 1.95 bits per heavy atom. The van der Waals surface area contributed by atoms with E-state index in [0.29, 0.717) is 12.3 Å². The summed E-state index contributed by atoms with van der Waals surface area (Å²) < 4.78 is 17.1. The van der Waals surface area contributed by atoms with Crippen molar-refractivity contribution in [2.75, 3.05) is 6.86 Å². The van der Waals surface area contributed by atoms with Gasteiger partial charge in [-0.25, -0.2) is 4.39 Å². The number of rotatable bonds is 7. The van der Waals surface area contributed by atoms with Crippen molar-refractivity contribution < 1.29 is 13.9 Å². The van der Waals surface area contributed by atoms with E-state index in [0.717, 1.165) is 16.7 Å². The van der Waals surface area contributed by atoms with Crippen LogP contribution in [-0.2, 0) is 11.3 Å². The van der Waals surface area contributed by atoms with Crippen LogP contribution in [0.15, 0.2) is 48.5 Å². The first-order chi connectivity index (χ1) is 10.6. The average Bonchev–Trinajstić information content (AvgIpc) is 2.53. The molecule has 0 heterocycles. The van der Waals surface area contributed by atoms with Gasteiger partial charge in [-0.3, -0.25) is 4.79 Å². The molecule has 0 bridgehead atoms. The molecule has 0 saturated carbocycles. The molecule has 0 saturated heterocycles. The predicted octanol–water partition coefficient (Wildman–Crippen LogP) is 2.62. The Bertz CT molecular complexity index is 629. The summed E-state index contributed by atoms with van der Waals surface area (Å²) in [6, 6.07) is 14.8. The smallest absolute Gasteiger partial charge is 0.234 e. The number of nitrogens with two attached hydrogens (primary N) is 1. The number of nitrogens with one attached hydrogen (secondary N) is 1. The van der Waals surface area contributed by atoms with E-state index in [-0.39, 0.29) is 11.9 Å². The Morgan fingerprint density at radius 1 is 1.23 bits per heavy atom. The van der Waals surface area contributed by atoms with Crippen molar-refractivity contribution in [3.05, 3.63) is 54.1 Å². The molecule has 22 heavy (non-hydrogen) atoms. The fraction of sp³-hybridized carbons (Fsp3) is 0.235. The summed E-state index contributed by atoms with van der Waals surface area (Å²) in [4.78, 5) is 11.0. The second-order valence-corrected chi connectivity index (χ2v) is 4.98. The lowest BCUT2D eigenvalue weighted by molar-refractivity contribution is -0.119. The average molecular weight is 302 g/mol. The van der Waals surface area contributed by atoms with Crippen molar-refractivity contribution in [2.45, 2.75) is 19.5 Å². The van der Waals surface area contributed by atoms with E-state index >= 15 is 0 Å². The third-order valence-electron chi connectivity index (χ3n) is 3.38. The van der Waals surface area contributed by atoms with E-state index in [4.69, 9.17) is 10.5 Å². The molecule has 0 radical (unpaired) electrons. The molecule has 2 aromatic carbocycles. The quantitative estimate of drug-likeness (QED) is 0.826. The lowest BCUT2D eigenvalue weighted by Gasteiger charge is -2.10. The molecule has 1 unspecified atom stereocenters. The minimum Gasteiger partial charge on any atom is -0.463 e. The molecule has 0 aromatic heterocycles. The minimum atomic E-state index is -0.841. The highest BCUT2D eigenvalue weighted by Crippen LogP contribution is 2.24. The first-order valence-corrected chi connectivity index (χ1v) is 7.01. The van der Waals surface area contributed by atoms with E-state index in [2.05, 4.69) is 5.32 Å². The standard InChI is InChI=1S/C17H19FN2O2/c1-12(17(19)21)20-10-13-5-7-14(8-6-13)15-3-2-4-16(9-15)22-11-18/h2-9,12,20H,10-11H2,1H3,(H2,19,21). The topological polar surface area (TPSA) is 64.3 Å². The zero-order valence-electron chi connectivity index (χ0n) is 12.4. The van der Waals surface area contributed by atoms with Crippen molar-refractivity contribution in [1.29, 1.82) is 0 Å². The van der Waals surface area contributed by atoms with Crippen LogP contribution in [0.3, 0.4) is 0 Å². The summed E-state index contributed by atoms with van der Waals surface area (Å²) >= 11 is 0. The van der Waals surface area contributed by atoms with Crippen LogP contribution in [0.2, 0.25) is 0 Å². The monoisotopic (exact) mass is 302 g/mol. The number of hydrogen-bond acceptors (Lipinski definition) is 3. The number of halogens is 1. The molecule has 116 valence electrons. The summed E-state index contributed by atoms with van der Waals surface area (Å²) in [6.45, 7) is 1.45. The predicted molar refractivity (Wildman–Crippen MR) is 84.0 cm³/mol. The highest BCUT2D eigenvalue weighted by molar-refractivity contribution is 5.79. The minimum absolute atomic E-state index is 0.366. The molecule has 0 aliphatic heterocycles. The molecule has 0 spiro atoms. The van der Waals surface area contributed by atoms with Gasteiger partial charge in [-0.1, -0.05) is 36.4 Å². The van der Waals surface area contributed by atoms with Gasteiger partial charge in [0.25, 0.3) is 0 Å². The maximum absolute atomic E-state index is 12.2. The van der Waals surface area contributed by atoms with Crippen LogP contribution in [0.1, 0.15) is 12.5 Å². The van der Waals surface area contributed by atoms with Crippen LogP contribution in [0, 0.1) is 0 Å². The van der Waals surface area contributed by atoms with Crippen LogP contribution in [0.5, 0.6) is 5.75 Å². The molecule has 0 aliphatic rings. The molecular formula is C17H19FN2O2. The number of amides is 1. The Kier molecular flexibility index (Phi) is 5.49. The Hall–Kier alpha value is -2.40. The second-order valence-electron chi connectivity index (χ2n) is 4.98. The Balaban J connectivity index is 2.05. The van der Waals surface area contributed by atoms with Crippen LogP contribution in [0.4, 0.5) is 4.39 Å². The Morgan fingerprint density at radius 3 is 2.59 bits per heavy atom. The fourth-order valence-corrected chi connectivity index (χ4v) is 2.02. The van der Waals surface area contributed by atoms with E-state index < -0.39 is 6.86 Å². The van der Waals surface area contributed by atoms with Gasteiger partial charge in [-0.05, 0) is 35.7 Å². The highest BCUT2D eigenvalue weighted by Gasteiger charge is 2.07. The van der Waals surface area contributed by atoms with Gasteiger partial charge in [0.15, 0.2) is 0 Å². The Labute approximate surface area is 129 Å². The highest BCUT2D eigenvalue weighted by atomic mass is 19.1. The summed E-state index contributed by atoms with van der Waals surface area (Å²) in [6.07, 6.45) is 0. The summed E-state index contributed by atoms with van der Waals surface area (Å²) in [7, 11) is 0. The summed E-state index contributed by atoms with van der Waals surface area (Å²) in [5.74, 6) is 0.127. The third kappa shape index (κ3) is 4.30. The van der Waals surface area contributed by atoms with Gasteiger partial charge in [-0.15, -0.1) is 0 Å². The lowest BCUT2D eigenvalue weighted by Crippen LogP contribution is -2.38. The number of carbonyl (C=O) groups is 1. The zero-order chi connectivity index (χ0) is 15.9. The van der Waals surface area contributed by atoms with Gasteiger partial charge in [-0.2, -0.15) is 0 Å². The third-order valence-corrected chi connectivity index (χ3v) is 3.38. The maximum Gasteiger partial charge on any atom is 0.234 e. The second kappa shape index (κ2) is 7.56. The van der Waals surface area contributed by atoms with Crippen LogP contribution in [0.25, 0.3) is 11.1 Å². The molecule has 2 aromatic rings. The van der Waals surface area contributed by atoms with Gasteiger partial charge in [0, 0.05) is 6.54 Å². The largest absolute Gasteiger partial charge is 0.463 e. The van der Waals surface area contributed by atoms with Gasteiger partial charge in [0.2, 0.25) is 12.8 Å². The van der Waals surface area contributed by atoms with Gasteiger partial charge in [0.1, 0.15) is 5.75 Å². The molecule has 0 fully saturated rings. The van der Waals surface area contributed by atoms with Crippen molar-refractivity contribution >= 4 is 5.91 Å². The number of benzene rings is 2. The first-order valence-electron chi connectivity index (χ1n) is 7.01. The van der Waals surface area contributed by atoms with E-state index in [1.54, 1.807) is 19.1 Å². The maximum atomic E-state index is 12.2. The van der Waals surface area contributed by atoms with Crippen molar-refractivity contribution in [3.8, 4) is 16.9 Å². The number of ether oxygens (including phenoxy) is 1. The van der Waals surface area contributed by atoms with E-state index in [9.17, 15) is 9.18 Å². The molecule has 0 aliphatic carbocycles. The van der Waals surface area contributed by atoms with Gasteiger partial charge < -0.3 is 15.8 Å². The zero-order valence-corrected chi connectivity index (χ0v) is 12.4. The summed E-state index contributed by atoms with van der Waals surface area (Å²) in [5.41, 5.74) is 8.21. The molecule has 5 heteroatoms. The van der Waals surface area contributed by atoms with Gasteiger partial charge >= 0.3 is 0 Å². The fourth-order valence-electron chi connectivity index (χ4n) is 2.02. The van der Waals surface area contributed by atoms with E-state index in [1.807, 2.05) is 36.4 Å².